The molecule has 0 bridgehead atoms. The van der Waals surface area contributed by atoms with Crippen molar-refractivity contribution in [2.45, 2.75) is 32.4 Å². The molecule has 6 heteroatoms. The third-order valence-electron chi connectivity index (χ3n) is 4.09. The second kappa shape index (κ2) is 7.97. The maximum atomic E-state index is 12.3. The van der Waals surface area contributed by atoms with Crippen LogP contribution in [-0.2, 0) is 9.59 Å². The number of carbonyl (C=O) groups is 2. The third kappa shape index (κ3) is 4.69. The molecule has 0 radical (unpaired) electrons. The Bertz CT molecular complexity index is 533. The zero-order valence-electron chi connectivity index (χ0n) is 13.8. The van der Waals surface area contributed by atoms with E-state index in [4.69, 9.17) is 10.5 Å². The predicted octanol–water partition coefficient (Wildman–Crippen LogP) is 0.862. The molecule has 2 amide bonds. The summed E-state index contributed by atoms with van der Waals surface area (Å²) in [5.41, 5.74) is 5.49. The van der Waals surface area contributed by atoms with Crippen molar-refractivity contribution >= 4 is 11.8 Å². The third-order valence-corrected chi connectivity index (χ3v) is 4.09. The number of amides is 2. The lowest BCUT2D eigenvalue weighted by Crippen LogP contribution is -2.61. The molecule has 0 spiro atoms. The molecule has 0 saturated carbocycles. The molecule has 1 heterocycles. The Morgan fingerprint density at radius 1 is 1.26 bits per heavy atom. The molecule has 1 aromatic rings. The largest absolute Gasteiger partial charge is 0.493 e. The van der Waals surface area contributed by atoms with E-state index in [1.165, 1.54) is 0 Å². The van der Waals surface area contributed by atoms with Crippen LogP contribution in [0.25, 0.3) is 0 Å². The summed E-state index contributed by atoms with van der Waals surface area (Å²) < 4.78 is 5.55. The molecule has 0 aliphatic carbocycles. The van der Waals surface area contributed by atoms with Crippen LogP contribution in [-0.4, -0.2) is 59.9 Å². The number of nitrogens with two attached hydrogens (primary N) is 1. The van der Waals surface area contributed by atoms with Gasteiger partial charge in [-0.05, 0) is 26.0 Å². The maximum absolute atomic E-state index is 12.3. The lowest BCUT2D eigenvalue weighted by molar-refractivity contribution is -0.138. The first-order valence-corrected chi connectivity index (χ1v) is 7.99. The standard InChI is InChI=1S/C17H25N3O3/c1-13(2)20-10-9-19(12-15(20)17(18)22)16(21)8-11-23-14-6-4-3-5-7-14/h3-7,13,15H,8-12H2,1-2H3,(H2,18,22). The van der Waals surface area contributed by atoms with Crippen molar-refractivity contribution in [3.05, 3.63) is 30.3 Å². The van der Waals surface area contributed by atoms with Gasteiger partial charge in [-0.2, -0.15) is 0 Å². The lowest BCUT2D eigenvalue weighted by Gasteiger charge is -2.42. The van der Waals surface area contributed by atoms with Crippen LogP contribution in [0.5, 0.6) is 5.75 Å². The first-order chi connectivity index (χ1) is 11.0. The monoisotopic (exact) mass is 319 g/mol. The second-order valence-electron chi connectivity index (χ2n) is 6.00. The smallest absolute Gasteiger partial charge is 0.236 e. The highest BCUT2D eigenvalue weighted by atomic mass is 16.5. The number of benzene rings is 1. The number of nitrogens with zero attached hydrogens (tertiary/aromatic N) is 2. The van der Waals surface area contributed by atoms with Gasteiger partial charge in [0.25, 0.3) is 0 Å². The van der Waals surface area contributed by atoms with Crippen molar-refractivity contribution < 1.29 is 14.3 Å². The summed E-state index contributed by atoms with van der Waals surface area (Å²) in [5, 5.41) is 0. The van der Waals surface area contributed by atoms with Gasteiger partial charge in [0.05, 0.1) is 13.0 Å². The fraction of sp³-hybridized carbons (Fsp3) is 0.529. The molecule has 1 aliphatic rings. The first kappa shape index (κ1) is 17.3. The van der Waals surface area contributed by atoms with E-state index in [1.54, 1.807) is 4.90 Å². The van der Waals surface area contributed by atoms with E-state index in [0.29, 0.717) is 32.7 Å². The molecule has 0 aromatic heterocycles. The second-order valence-corrected chi connectivity index (χ2v) is 6.00. The molecular weight excluding hydrogens is 294 g/mol. The van der Waals surface area contributed by atoms with Crippen molar-refractivity contribution in [1.29, 1.82) is 0 Å². The van der Waals surface area contributed by atoms with Crippen LogP contribution in [0.3, 0.4) is 0 Å². The van der Waals surface area contributed by atoms with Crippen LogP contribution in [0.4, 0.5) is 0 Å². The summed E-state index contributed by atoms with van der Waals surface area (Å²) in [6.07, 6.45) is 0.294. The average molecular weight is 319 g/mol. The first-order valence-electron chi connectivity index (χ1n) is 7.99. The zero-order chi connectivity index (χ0) is 16.8. The molecular formula is C17H25N3O3. The number of carbonyl (C=O) groups excluding carboxylic acids is 2. The molecule has 1 aliphatic heterocycles. The number of primary amides is 1. The molecule has 1 fully saturated rings. The summed E-state index contributed by atoms with van der Waals surface area (Å²) in [7, 11) is 0. The summed E-state index contributed by atoms with van der Waals surface area (Å²) in [6.45, 7) is 6.02. The number of hydrogen-bond acceptors (Lipinski definition) is 4. The summed E-state index contributed by atoms with van der Waals surface area (Å²) >= 11 is 0. The normalized spacial score (nSPS) is 18.9. The van der Waals surface area contributed by atoms with Crippen LogP contribution in [0.1, 0.15) is 20.3 Å². The fourth-order valence-electron chi connectivity index (χ4n) is 2.83. The number of para-hydroxylation sites is 1. The van der Waals surface area contributed by atoms with Gasteiger partial charge >= 0.3 is 0 Å². The van der Waals surface area contributed by atoms with Crippen molar-refractivity contribution in [2.75, 3.05) is 26.2 Å². The van der Waals surface area contributed by atoms with Gasteiger partial charge in [0.15, 0.2) is 0 Å². The van der Waals surface area contributed by atoms with Gasteiger partial charge in [-0.25, -0.2) is 0 Å². The topological polar surface area (TPSA) is 75.9 Å². The Morgan fingerprint density at radius 3 is 2.57 bits per heavy atom. The van der Waals surface area contributed by atoms with Gasteiger partial charge in [0, 0.05) is 25.7 Å². The molecule has 1 unspecified atom stereocenters. The number of rotatable bonds is 6. The lowest BCUT2D eigenvalue weighted by atomic mass is 10.1. The Kier molecular flexibility index (Phi) is 5.98. The van der Waals surface area contributed by atoms with E-state index in [9.17, 15) is 9.59 Å². The number of piperazine rings is 1. The van der Waals surface area contributed by atoms with E-state index in [1.807, 2.05) is 49.1 Å². The SMILES string of the molecule is CC(C)N1CCN(C(=O)CCOc2ccccc2)CC1C(N)=O. The van der Waals surface area contributed by atoms with Crippen LogP contribution < -0.4 is 10.5 Å². The molecule has 1 saturated heterocycles. The molecule has 2 N–H and O–H groups in total. The van der Waals surface area contributed by atoms with Gasteiger partial charge < -0.3 is 15.4 Å². The van der Waals surface area contributed by atoms with E-state index >= 15 is 0 Å². The zero-order valence-corrected chi connectivity index (χ0v) is 13.8. The Labute approximate surface area is 137 Å². The highest BCUT2D eigenvalue weighted by Crippen LogP contribution is 2.14. The quantitative estimate of drug-likeness (QED) is 0.844. The van der Waals surface area contributed by atoms with E-state index in [-0.39, 0.29) is 17.9 Å². The van der Waals surface area contributed by atoms with E-state index in [2.05, 4.69) is 0 Å². The van der Waals surface area contributed by atoms with Gasteiger partial charge in [-0.3, -0.25) is 14.5 Å². The van der Waals surface area contributed by atoms with E-state index in [0.717, 1.165) is 5.75 Å². The van der Waals surface area contributed by atoms with Crippen molar-refractivity contribution in [2.24, 2.45) is 5.73 Å². The molecule has 126 valence electrons. The Balaban J connectivity index is 1.84. The highest BCUT2D eigenvalue weighted by molar-refractivity contribution is 5.82. The van der Waals surface area contributed by atoms with Crippen LogP contribution in [0.15, 0.2) is 30.3 Å². The van der Waals surface area contributed by atoms with E-state index < -0.39 is 6.04 Å². The van der Waals surface area contributed by atoms with Gasteiger partial charge in [0.1, 0.15) is 11.8 Å². The Morgan fingerprint density at radius 2 is 1.96 bits per heavy atom. The minimum atomic E-state index is -0.414. The van der Waals surface area contributed by atoms with Gasteiger partial charge in [-0.1, -0.05) is 18.2 Å². The highest BCUT2D eigenvalue weighted by Gasteiger charge is 2.34. The van der Waals surface area contributed by atoms with Crippen molar-refractivity contribution in [3.8, 4) is 5.75 Å². The maximum Gasteiger partial charge on any atom is 0.236 e. The van der Waals surface area contributed by atoms with Gasteiger partial charge in [0.2, 0.25) is 11.8 Å². The minimum absolute atomic E-state index is 0.00409. The summed E-state index contributed by atoms with van der Waals surface area (Å²) in [6, 6.07) is 9.22. The fourth-order valence-corrected chi connectivity index (χ4v) is 2.83. The molecule has 6 nitrogen and oxygen atoms in total. The number of hydrogen-bond donors (Lipinski definition) is 1. The summed E-state index contributed by atoms with van der Waals surface area (Å²) in [5.74, 6) is 0.368. The molecule has 2 rings (SSSR count). The molecule has 23 heavy (non-hydrogen) atoms. The average Bonchev–Trinajstić information content (AvgIpc) is 2.55. The predicted molar refractivity (Wildman–Crippen MR) is 88.0 cm³/mol. The number of ether oxygens (including phenoxy) is 1. The van der Waals surface area contributed by atoms with Crippen LogP contribution >= 0.6 is 0 Å². The molecule has 1 aromatic carbocycles. The van der Waals surface area contributed by atoms with Crippen molar-refractivity contribution in [3.63, 3.8) is 0 Å². The summed E-state index contributed by atoms with van der Waals surface area (Å²) in [4.78, 5) is 27.7. The Hall–Kier alpha value is -2.08. The molecule has 1 atom stereocenters. The van der Waals surface area contributed by atoms with Crippen LogP contribution in [0, 0.1) is 0 Å². The van der Waals surface area contributed by atoms with Crippen LogP contribution in [0.2, 0.25) is 0 Å². The van der Waals surface area contributed by atoms with Gasteiger partial charge in [-0.15, -0.1) is 0 Å². The van der Waals surface area contributed by atoms with Crippen molar-refractivity contribution in [1.82, 2.24) is 9.80 Å². The minimum Gasteiger partial charge on any atom is -0.493 e.